The molecule has 3 nitrogen and oxygen atoms in total. The minimum atomic E-state index is 0.0638. The molecule has 1 heterocycles. The number of carbonyl (C=O) groups is 1. The van der Waals surface area contributed by atoms with Gasteiger partial charge < -0.3 is 10.1 Å². The van der Waals surface area contributed by atoms with Crippen LogP contribution in [0.3, 0.4) is 0 Å². The largest absolute Gasteiger partial charge is 0.381 e. The van der Waals surface area contributed by atoms with Crippen LogP contribution in [-0.2, 0) is 9.53 Å². The Kier molecular flexibility index (Phi) is 5.26. The monoisotopic (exact) mass is 227 g/mol. The normalized spacial score (nSPS) is 24.4. The van der Waals surface area contributed by atoms with Crippen molar-refractivity contribution in [3.8, 4) is 0 Å². The molecule has 0 bridgehead atoms. The fourth-order valence-electron chi connectivity index (χ4n) is 2.15. The van der Waals surface area contributed by atoms with Crippen LogP contribution in [0.5, 0.6) is 0 Å². The quantitative estimate of drug-likeness (QED) is 0.782. The van der Waals surface area contributed by atoms with E-state index in [2.05, 4.69) is 19.2 Å². The van der Waals surface area contributed by atoms with Crippen LogP contribution >= 0.6 is 0 Å². The first-order valence-electron chi connectivity index (χ1n) is 6.44. The van der Waals surface area contributed by atoms with E-state index in [1.54, 1.807) is 0 Å². The van der Waals surface area contributed by atoms with Crippen LogP contribution in [0.25, 0.3) is 0 Å². The molecule has 0 spiro atoms. The van der Waals surface area contributed by atoms with E-state index in [1.165, 1.54) is 0 Å². The van der Waals surface area contributed by atoms with Crippen molar-refractivity contribution in [3.05, 3.63) is 0 Å². The van der Waals surface area contributed by atoms with Gasteiger partial charge in [0.05, 0.1) is 6.61 Å². The number of rotatable bonds is 5. The summed E-state index contributed by atoms with van der Waals surface area (Å²) in [7, 11) is 0. The Morgan fingerprint density at radius 1 is 1.44 bits per heavy atom. The van der Waals surface area contributed by atoms with E-state index in [0.717, 1.165) is 26.1 Å². The standard InChI is InChI=1S/C13H25NO2/c1-5-10(4)12(11-6-7-16-8-11)14-13(15)9(2)3/h9-12H,5-8H2,1-4H3,(H,14,15)/t10?,11-,12-/m1/s1. The maximum absolute atomic E-state index is 11.8. The van der Waals surface area contributed by atoms with Crippen molar-refractivity contribution in [2.45, 2.75) is 46.6 Å². The maximum Gasteiger partial charge on any atom is 0.222 e. The van der Waals surface area contributed by atoms with Gasteiger partial charge in [-0.3, -0.25) is 4.79 Å². The molecule has 0 aromatic carbocycles. The summed E-state index contributed by atoms with van der Waals surface area (Å²) in [6.45, 7) is 9.91. The summed E-state index contributed by atoms with van der Waals surface area (Å²) in [6.07, 6.45) is 2.17. The molecule has 16 heavy (non-hydrogen) atoms. The highest BCUT2D eigenvalue weighted by Gasteiger charge is 2.30. The zero-order valence-corrected chi connectivity index (χ0v) is 11.0. The van der Waals surface area contributed by atoms with E-state index in [1.807, 2.05) is 13.8 Å². The summed E-state index contributed by atoms with van der Waals surface area (Å²) in [6, 6.07) is 0.280. The van der Waals surface area contributed by atoms with E-state index < -0.39 is 0 Å². The highest BCUT2D eigenvalue weighted by molar-refractivity contribution is 5.78. The van der Waals surface area contributed by atoms with Gasteiger partial charge in [0.15, 0.2) is 0 Å². The van der Waals surface area contributed by atoms with Crippen LogP contribution in [-0.4, -0.2) is 25.2 Å². The van der Waals surface area contributed by atoms with Crippen LogP contribution in [0.2, 0.25) is 0 Å². The number of ether oxygens (including phenoxy) is 1. The molecule has 0 radical (unpaired) electrons. The lowest BCUT2D eigenvalue weighted by atomic mass is 9.87. The van der Waals surface area contributed by atoms with Crippen molar-refractivity contribution in [1.29, 1.82) is 0 Å². The number of hydrogen-bond donors (Lipinski definition) is 1. The van der Waals surface area contributed by atoms with Crippen molar-refractivity contribution < 1.29 is 9.53 Å². The maximum atomic E-state index is 11.8. The Morgan fingerprint density at radius 3 is 2.56 bits per heavy atom. The Balaban J connectivity index is 2.59. The zero-order valence-electron chi connectivity index (χ0n) is 11.0. The van der Waals surface area contributed by atoms with Crippen LogP contribution < -0.4 is 5.32 Å². The Bertz CT molecular complexity index is 222. The minimum Gasteiger partial charge on any atom is -0.381 e. The van der Waals surface area contributed by atoms with Gasteiger partial charge in [-0.05, 0) is 12.3 Å². The van der Waals surface area contributed by atoms with Gasteiger partial charge in [0.2, 0.25) is 5.91 Å². The molecular weight excluding hydrogens is 202 g/mol. The molecule has 1 aliphatic heterocycles. The highest BCUT2D eigenvalue weighted by atomic mass is 16.5. The second-order valence-corrected chi connectivity index (χ2v) is 5.20. The number of nitrogens with one attached hydrogen (secondary N) is 1. The summed E-state index contributed by atoms with van der Waals surface area (Å²) in [4.78, 5) is 11.8. The lowest BCUT2D eigenvalue weighted by molar-refractivity contribution is -0.125. The predicted octanol–water partition coefficient (Wildman–Crippen LogP) is 2.21. The predicted molar refractivity (Wildman–Crippen MR) is 65.1 cm³/mol. The summed E-state index contributed by atoms with van der Waals surface area (Å²) in [5.41, 5.74) is 0. The molecule has 1 N–H and O–H groups in total. The van der Waals surface area contributed by atoms with Gasteiger partial charge in [-0.25, -0.2) is 0 Å². The van der Waals surface area contributed by atoms with Crippen LogP contribution in [0.1, 0.15) is 40.5 Å². The molecule has 3 atom stereocenters. The lowest BCUT2D eigenvalue weighted by Gasteiger charge is -2.29. The first-order chi connectivity index (χ1) is 7.56. The third kappa shape index (κ3) is 3.48. The molecule has 0 saturated carbocycles. The van der Waals surface area contributed by atoms with Gasteiger partial charge in [-0.1, -0.05) is 34.1 Å². The number of amides is 1. The van der Waals surface area contributed by atoms with Crippen molar-refractivity contribution >= 4 is 5.91 Å². The fraction of sp³-hybridized carbons (Fsp3) is 0.923. The lowest BCUT2D eigenvalue weighted by Crippen LogP contribution is -2.46. The number of hydrogen-bond acceptors (Lipinski definition) is 2. The fourth-order valence-corrected chi connectivity index (χ4v) is 2.15. The van der Waals surface area contributed by atoms with Gasteiger partial charge in [0.25, 0.3) is 0 Å². The van der Waals surface area contributed by atoms with E-state index in [-0.39, 0.29) is 17.9 Å². The minimum absolute atomic E-state index is 0.0638. The SMILES string of the molecule is CCC(C)[C@@H](NC(=O)C(C)C)[C@@H]1CCOC1. The van der Waals surface area contributed by atoms with Gasteiger partial charge in [0, 0.05) is 24.5 Å². The van der Waals surface area contributed by atoms with E-state index >= 15 is 0 Å². The Labute approximate surface area is 98.9 Å². The third-order valence-corrected chi connectivity index (χ3v) is 3.56. The van der Waals surface area contributed by atoms with E-state index in [4.69, 9.17) is 4.74 Å². The summed E-state index contributed by atoms with van der Waals surface area (Å²) in [5, 5.41) is 3.19. The zero-order chi connectivity index (χ0) is 12.1. The van der Waals surface area contributed by atoms with Crippen LogP contribution in [0, 0.1) is 17.8 Å². The van der Waals surface area contributed by atoms with E-state index in [9.17, 15) is 4.79 Å². The van der Waals surface area contributed by atoms with Gasteiger partial charge >= 0.3 is 0 Å². The first-order valence-corrected chi connectivity index (χ1v) is 6.44. The summed E-state index contributed by atoms with van der Waals surface area (Å²) < 4.78 is 5.42. The first kappa shape index (κ1) is 13.5. The molecule has 0 aromatic heterocycles. The molecule has 3 heteroatoms. The second kappa shape index (κ2) is 6.24. The van der Waals surface area contributed by atoms with Gasteiger partial charge in [-0.2, -0.15) is 0 Å². The molecule has 1 amide bonds. The van der Waals surface area contributed by atoms with E-state index in [0.29, 0.717) is 11.8 Å². The van der Waals surface area contributed by atoms with Crippen LogP contribution in [0.4, 0.5) is 0 Å². The summed E-state index contributed by atoms with van der Waals surface area (Å²) >= 11 is 0. The smallest absolute Gasteiger partial charge is 0.222 e. The average molecular weight is 227 g/mol. The molecule has 94 valence electrons. The molecule has 1 saturated heterocycles. The van der Waals surface area contributed by atoms with Crippen molar-refractivity contribution in [1.82, 2.24) is 5.32 Å². The molecule has 0 aromatic rings. The van der Waals surface area contributed by atoms with Crippen LogP contribution in [0.15, 0.2) is 0 Å². The van der Waals surface area contributed by atoms with Crippen molar-refractivity contribution in [2.24, 2.45) is 17.8 Å². The topological polar surface area (TPSA) is 38.3 Å². The highest BCUT2D eigenvalue weighted by Crippen LogP contribution is 2.24. The Hall–Kier alpha value is -0.570. The molecule has 1 unspecified atom stereocenters. The van der Waals surface area contributed by atoms with Gasteiger partial charge in [0.1, 0.15) is 0 Å². The van der Waals surface area contributed by atoms with Gasteiger partial charge in [-0.15, -0.1) is 0 Å². The third-order valence-electron chi connectivity index (χ3n) is 3.56. The molecule has 1 aliphatic rings. The molecular formula is C13H25NO2. The average Bonchev–Trinajstić information content (AvgIpc) is 2.77. The Morgan fingerprint density at radius 2 is 2.12 bits per heavy atom. The molecule has 1 fully saturated rings. The number of carbonyl (C=O) groups excluding carboxylic acids is 1. The molecule has 1 rings (SSSR count). The van der Waals surface area contributed by atoms with Crippen molar-refractivity contribution in [3.63, 3.8) is 0 Å². The second-order valence-electron chi connectivity index (χ2n) is 5.20. The summed E-state index contributed by atoms with van der Waals surface area (Å²) in [5.74, 6) is 1.25. The molecule has 0 aliphatic carbocycles. The van der Waals surface area contributed by atoms with Crippen molar-refractivity contribution in [2.75, 3.05) is 13.2 Å².